The van der Waals surface area contributed by atoms with Crippen molar-refractivity contribution in [2.45, 2.75) is 52.4 Å². The first kappa shape index (κ1) is 8.83. The molecule has 0 atom stereocenters. The molecular formula is C11H20. The molecule has 0 heterocycles. The summed E-state index contributed by atoms with van der Waals surface area (Å²) in [5.74, 6) is 0. The molecule has 0 saturated heterocycles. The van der Waals surface area contributed by atoms with Crippen molar-refractivity contribution in [3.05, 3.63) is 12.2 Å². The van der Waals surface area contributed by atoms with Crippen LogP contribution in [-0.4, -0.2) is 0 Å². The molecular weight excluding hydrogens is 132 g/mol. The average Bonchev–Trinajstić information content (AvgIpc) is 1.95. The van der Waals surface area contributed by atoms with Crippen molar-refractivity contribution >= 4 is 0 Å². The van der Waals surface area contributed by atoms with E-state index in [0.717, 1.165) is 0 Å². The Morgan fingerprint density at radius 3 is 2.55 bits per heavy atom. The van der Waals surface area contributed by atoms with Crippen LogP contribution in [0.25, 0.3) is 0 Å². The zero-order chi connectivity index (χ0) is 8.16. The minimum atomic E-state index is 0.591. The topological polar surface area (TPSA) is 0 Å². The minimum absolute atomic E-state index is 0.591. The van der Waals surface area contributed by atoms with Crippen molar-refractivity contribution < 1.29 is 0 Å². The molecule has 0 radical (unpaired) electrons. The molecule has 1 aliphatic carbocycles. The highest BCUT2D eigenvalue weighted by atomic mass is 14.3. The van der Waals surface area contributed by atoms with Crippen molar-refractivity contribution in [1.82, 2.24) is 0 Å². The van der Waals surface area contributed by atoms with Gasteiger partial charge in [0, 0.05) is 0 Å². The maximum Gasteiger partial charge on any atom is -0.0147 e. The fourth-order valence-electron chi connectivity index (χ4n) is 1.59. The van der Waals surface area contributed by atoms with Gasteiger partial charge in [0.2, 0.25) is 0 Å². The lowest BCUT2D eigenvalue weighted by Crippen LogP contribution is -2.22. The summed E-state index contributed by atoms with van der Waals surface area (Å²) in [7, 11) is 0. The summed E-state index contributed by atoms with van der Waals surface area (Å²) in [6, 6.07) is 0. The van der Waals surface area contributed by atoms with Crippen LogP contribution < -0.4 is 0 Å². The highest BCUT2D eigenvalue weighted by molar-refractivity contribution is 5.01. The minimum Gasteiger partial charge on any atom is -0.0880 e. The Kier molecular flexibility index (Phi) is 3.16. The predicted octanol–water partition coefficient (Wildman–Crippen LogP) is 3.92. The van der Waals surface area contributed by atoms with Crippen LogP contribution in [-0.2, 0) is 0 Å². The summed E-state index contributed by atoms with van der Waals surface area (Å²) < 4.78 is 0. The van der Waals surface area contributed by atoms with E-state index >= 15 is 0 Å². The van der Waals surface area contributed by atoms with Gasteiger partial charge in [0.05, 0.1) is 0 Å². The van der Waals surface area contributed by atoms with Gasteiger partial charge >= 0.3 is 0 Å². The van der Waals surface area contributed by atoms with Crippen LogP contribution in [0.1, 0.15) is 52.4 Å². The zero-order valence-corrected chi connectivity index (χ0v) is 7.90. The number of allylic oxidation sites excluding steroid dienone is 2. The SMILES string of the molecule is CCCCC=CC1(C)CCC1. The lowest BCUT2D eigenvalue weighted by atomic mass is 9.70. The molecule has 0 heteroatoms. The fraction of sp³-hybridized carbons (Fsp3) is 0.818. The molecule has 0 aromatic rings. The summed E-state index contributed by atoms with van der Waals surface area (Å²) in [5.41, 5.74) is 0.591. The smallest absolute Gasteiger partial charge is 0.0147 e. The van der Waals surface area contributed by atoms with Crippen molar-refractivity contribution in [3.8, 4) is 0 Å². The van der Waals surface area contributed by atoms with E-state index < -0.39 is 0 Å². The van der Waals surface area contributed by atoms with E-state index in [0.29, 0.717) is 5.41 Å². The van der Waals surface area contributed by atoms with Crippen molar-refractivity contribution in [1.29, 1.82) is 0 Å². The fourth-order valence-corrected chi connectivity index (χ4v) is 1.59. The number of hydrogen-bond acceptors (Lipinski definition) is 0. The van der Waals surface area contributed by atoms with Crippen molar-refractivity contribution in [3.63, 3.8) is 0 Å². The lowest BCUT2D eigenvalue weighted by molar-refractivity contribution is 0.233. The normalized spacial score (nSPS) is 22.0. The Hall–Kier alpha value is -0.260. The molecule has 0 spiro atoms. The maximum absolute atomic E-state index is 2.44. The third-order valence-corrected chi connectivity index (χ3v) is 2.74. The van der Waals surface area contributed by atoms with Gasteiger partial charge in [0.25, 0.3) is 0 Å². The van der Waals surface area contributed by atoms with Gasteiger partial charge in [-0.2, -0.15) is 0 Å². The second kappa shape index (κ2) is 3.94. The first-order valence-corrected chi connectivity index (χ1v) is 4.94. The van der Waals surface area contributed by atoms with Gasteiger partial charge in [0.15, 0.2) is 0 Å². The summed E-state index contributed by atoms with van der Waals surface area (Å²) in [6.45, 7) is 4.62. The molecule has 1 rings (SSSR count). The van der Waals surface area contributed by atoms with Crippen LogP contribution in [0.3, 0.4) is 0 Å². The zero-order valence-electron chi connectivity index (χ0n) is 7.90. The Balaban J connectivity index is 2.13. The first-order chi connectivity index (χ1) is 5.27. The van der Waals surface area contributed by atoms with E-state index in [4.69, 9.17) is 0 Å². The van der Waals surface area contributed by atoms with Crippen LogP contribution >= 0.6 is 0 Å². The molecule has 0 bridgehead atoms. The summed E-state index contributed by atoms with van der Waals surface area (Å²) in [4.78, 5) is 0. The van der Waals surface area contributed by atoms with Gasteiger partial charge < -0.3 is 0 Å². The Morgan fingerprint density at radius 1 is 1.36 bits per heavy atom. The second-order valence-electron chi connectivity index (χ2n) is 4.05. The molecule has 1 saturated carbocycles. The number of hydrogen-bond donors (Lipinski definition) is 0. The van der Waals surface area contributed by atoms with E-state index in [1.165, 1.54) is 38.5 Å². The van der Waals surface area contributed by atoms with Gasteiger partial charge in [-0.1, -0.05) is 45.3 Å². The third kappa shape index (κ3) is 2.69. The highest BCUT2D eigenvalue weighted by Gasteiger charge is 2.27. The molecule has 64 valence electrons. The Bertz CT molecular complexity index is 129. The standard InChI is InChI=1S/C11H20/c1-3-4-5-6-8-11(2)9-7-10-11/h6,8H,3-5,7,9-10H2,1-2H3. The molecule has 0 aromatic carbocycles. The summed E-state index contributed by atoms with van der Waals surface area (Å²) in [5, 5.41) is 0. The molecule has 1 fully saturated rings. The van der Waals surface area contributed by atoms with E-state index in [2.05, 4.69) is 26.0 Å². The maximum atomic E-state index is 2.44. The molecule has 0 N–H and O–H groups in total. The van der Waals surface area contributed by atoms with Crippen LogP contribution in [0.5, 0.6) is 0 Å². The molecule has 0 aliphatic heterocycles. The first-order valence-electron chi connectivity index (χ1n) is 4.94. The van der Waals surface area contributed by atoms with Crippen LogP contribution in [0.15, 0.2) is 12.2 Å². The van der Waals surface area contributed by atoms with E-state index in [-0.39, 0.29) is 0 Å². The van der Waals surface area contributed by atoms with Crippen LogP contribution in [0, 0.1) is 5.41 Å². The third-order valence-electron chi connectivity index (χ3n) is 2.74. The Morgan fingerprint density at radius 2 is 2.09 bits per heavy atom. The largest absolute Gasteiger partial charge is 0.0880 e. The molecule has 0 aromatic heterocycles. The van der Waals surface area contributed by atoms with Gasteiger partial charge in [-0.3, -0.25) is 0 Å². The summed E-state index contributed by atoms with van der Waals surface area (Å²) >= 11 is 0. The second-order valence-corrected chi connectivity index (χ2v) is 4.05. The van der Waals surface area contributed by atoms with Crippen LogP contribution in [0.4, 0.5) is 0 Å². The van der Waals surface area contributed by atoms with Gasteiger partial charge in [0.1, 0.15) is 0 Å². The molecule has 0 amide bonds. The molecule has 11 heavy (non-hydrogen) atoms. The van der Waals surface area contributed by atoms with Gasteiger partial charge in [-0.05, 0) is 24.7 Å². The van der Waals surface area contributed by atoms with Crippen molar-refractivity contribution in [2.75, 3.05) is 0 Å². The van der Waals surface area contributed by atoms with Gasteiger partial charge in [-0.25, -0.2) is 0 Å². The van der Waals surface area contributed by atoms with Crippen LogP contribution in [0.2, 0.25) is 0 Å². The van der Waals surface area contributed by atoms with E-state index in [1.807, 2.05) is 0 Å². The monoisotopic (exact) mass is 152 g/mol. The quantitative estimate of drug-likeness (QED) is 0.423. The van der Waals surface area contributed by atoms with Gasteiger partial charge in [-0.15, -0.1) is 0 Å². The highest BCUT2D eigenvalue weighted by Crippen LogP contribution is 2.41. The predicted molar refractivity (Wildman–Crippen MR) is 50.6 cm³/mol. The number of rotatable bonds is 4. The molecule has 0 unspecified atom stereocenters. The van der Waals surface area contributed by atoms with E-state index in [1.54, 1.807) is 0 Å². The lowest BCUT2D eigenvalue weighted by Gasteiger charge is -2.35. The van der Waals surface area contributed by atoms with E-state index in [9.17, 15) is 0 Å². The van der Waals surface area contributed by atoms with Crippen molar-refractivity contribution in [2.24, 2.45) is 5.41 Å². The molecule has 0 nitrogen and oxygen atoms in total. The Labute approximate surface area is 70.7 Å². The number of unbranched alkanes of at least 4 members (excludes halogenated alkanes) is 2. The summed E-state index contributed by atoms with van der Waals surface area (Å²) in [6.07, 6.45) is 13.0. The molecule has 1 aliphatic rings. The average molecular weight is 152 g/mol.